The van der Waals surface area contributed by atoms with Crippen LogP contribution in [0.2, 0.25) is 0 Å². The molecule has 0 unspecified atom stereocenters. The molecular weight excluding hydrogens is 455 g/mol. The summed E-state index contributed by atoms with van der Waals surface area (Å²) in [5.74, 6) is 0.372. The van der Waals surface area contributed by atoms with Crippen molar-refractivity contribution >= 4 is 5.91 Å². The van der Waals surface area contributed by atoms with Gasteiger partial charge < -0.3 is 20.3 Å². The summed E-state index contributed by atoms with van der Waals surface area (Å²) in [6, 6.07) is 14.9. The van der Waals surface area contributed by atoms with Crippen molar-refractivity contribution in [3.63, 3.8) is 0 Å². The maximum Gasteiger partial charge on any atom is 0.391 e. The van der Waals surface area contributed by atoms with Gasteiger partial charge in [0.05, 0.1) is 38.7 Å². The topological polar surface area (TPSA) is 62.8 Å². The molecule has 3 aliphatic heterocycles. The lowest BCUT2D eigenvalue weighted by atomic mass is 9.68. The molecule has 0 aliphatic carbocycles. The van der Waals surface area contributed by atoms with Crippen molar-refractivity contribution in [2.24, 2.45) is 5.92 Å². The fourth-order valence-electron chi connectivity index (χ4n) is 6.78. The van der Waals surface area contributed by atoms with Crippen molar-refractivity contribution in [2.75, 3.05) is 33.3 Å². The number of nitrogens with zero attached hydrogens (tertiary/aromatic N) is 1. The van der Waals surface area contributed by atoms with Gasteiger partial charge in [-0.1, -0.05) is 42.5 Å². The van der Waals surface area contributed by atoms with Crippen LogP contribution in [0.5, 0.6) is 5.75 Å². The minimum atomic E-state index is -4.32. The molecule has 5 rings (SSSR count). The van der Waals surface area contributed by atoms with Crippen LogP contribution in [0.1, 0.15) is 41.9 Å². The van der Waals surface area contributed by atoms with Gasteiger partial charge in [0, 0.05) is 12.6 Å². The lowest BCUT2D eigenvalue weighted by Crippen LogP contribution is -2.91. The predicted molar refractivity (Wildman–Crippen MR) is 125 cm³/mol. The minimum absolute atomic E-state index is 0.0321. The first-order valence-electron chi connectivity index (χ1n) is 12.5. The highest BCUT2D eigenvalue weighted by atomic mass is 19.4. The van der Waals surface area contributed by atoms with E-state index in [1.54, 1.807) is 12.0 Å². The van der Waals surface area contributed by atoms with Gasteiger partial charge in [-0.05, 0) is 36.0 Å². The number of ether oxygens (including phenoxy) is 1. The van der Waals surface area contributed by atoms with Gasteiger partial charge in [-0.2, -0.15) is 13.2 Å². The van der Waals surface area contributed by atoms with Crippen LogP contribution in [0, 0.1) is 5.92 Å². The molecule has 0 saturated carbocycles. The first-order valence-corrected chi connectivity index (χ1v) is 12.5. The Hall–Kier alpha value is -2.58. The molecule has 188 valence electrons. The van der Waals surface area contributed by atoms with Gasteiger partial charge in [0.1, 0.15) is 23.6 Å². The number of alkyl halides is 3. The number of rotatable bonds is 4. The standard InChI is InChI=1S/C27H32F3N3O2/c1-35-24-9-5-8-22-21(24)14-31-16-26(22)17-32-15-23(26)25(34)33-11-10-19(18-6-3-2-4-7-18)12-20(33)13-27(28,29)30/h2-9,19-20,23,31-32H,10-17H2,1H3/p+2/t19-,20+,23+,26+/m1/s1. The molecule has 3 heterocycles. The van der Waals surface area contributed by atoms with Gasteiger partial charge in [0.15, 0.2) is 0 Å². The van der Waals surface area contributed by atoms with Gasteiger partial charge in [-0.3, -0.25) is 4.79 Å². The van der Waals surface area contributed by atoms with E-state index in [2.05, 4.69) is 16.7 Å². The molecule has 5 nitrogen and oxygen atoms in total. The van der Waals surface area contributed by atoms with Gasteiger partial charge in [-0.25, -0.2) is 0 Å². The fraction of sp³-hybridized carbons (Fsp3) is 0.519. The van der Waals surface area contributed by atoms with E-state index in [0.717, 1.165) is 42.1 Å². The first-order chi connectivity index (χ1) is 16.8. The average molecular weight is 490 g/mol. The normalized spacial score (nSPS) is 28.7. The Morgan fingerprint density at radius 1 is 1.11 bits per heavy atom. The maximum absolute atomic E-state index is 14.1. The number of carbonyl (C=O) groups is 1. The molecule has 0 aromatic heterocycles. The molecule has 4 atom stereocenters. The number of benzene rings is 2. The summed E-state index contributed by atoms with van der Waals surface area (Å²) in [7, 11) is 1.65. The highest BCUT2D eigenvalue weighted by Gasteiger charge is 2.57. The molecule has 35 heavy (non-hydrogen) atoms. The van der Waals surface area contributed by atoms with E-state index in [0.29, 0.717) is 25.9 Å². The monoisotopic (exact) mass is 489 g/mol. The molecule has 0 radical (unpaired) electrons. The van der Waals surface area contributed by atoms with Gasteiger partial charge in [0.2, 0.25) is 5.91 Å². The minimum Gasteiger partial charge on any atom is -0.496 e. The van der Waals surface area contributed by atoms with Crippen LogP contribution in [-0.4, -0.2) is 56.3 Å². The van der Waals surface area contributed by atoms with E-state index in [1.807, 2.05) is 42.5 Å². The highest BCUT2D eigenvalue weighted by Crippen LogP contribution is 2.42. The smallest absolute Gasteiger partial charge is 0.391 e. The Morgan fingerprint density at radius 2 is 1.89 bits per heavy atom. The second-order valence-electron chi connectivity index (χ2n) is 10.3. The molecule has 3 aliphatic rings. The molecule has 2 aromatic rings. The molecule has 1 spiro atoms. The third-order valence-corrected chi connectivity index (χ3v) is 8.36. The molecule has 2 saturated heterocycles. The van der Waals surface area contributed by atoms with E-state index >= 15 is 0 Å². The number of likely N-dealkylation sites (tertiary alicyclic amines) is 1. The molecule has 8 heteroatoms. The van der Waals surface area contributed by atoms with Crippen LogP contribution in [-0.2, 0) is 16.8 Å². The number of methoxy groups -OCH3 is 1. The van der Waals surface area contributed by atoms with Crippen molar-refractivity contribution in [3.05, 3.63) is 65.2 Å². The largest absolute Gasteiger partial charge is 0.496 e. The van der Waals surface area contributed by atoms with Crippen LogP contribution in [0.15, 0.2) is 48.5 Å². The summed E-state index contributed by atoms with van der Waals surface area (Å²) in [6.07, 6.45) is -4.25. The molecular formula is C27H34F3N3O2+2. The summed E-state index contributed by atoms with van der Waals surface area (Å²) in [5, 5.41) is 4.36. The van der Waals surface area contributed by atoms with Gasteiger partial charge in [-0.15, -0.1) is 0 Å². The number of fused-ring (bicyclic) bond motifs is 2. The van der Waals surface area contributed by atoms with Crippen LogP contribution < -0.4 is 15.4 Å². The number of hydrogen-bond acceptors (Lipinski definition) is 2. The van der Waals surface area contributed by atoms with Crippen molar-refractivity contribution < 1.29 is 33.3 Å². The number of amides is 1. The van der Waals surface area contributed by atoms with E-state index in [-0.39, 0.29) is 17.7 Å². The van der Waals surface area contributed by atoms with Crippen LogP contribution in [0.4, 0.5) is 13.2 Å². The van der Waals surface area contributed by atoms with E-state index < -0.39 is 24.1 Å². The lowest BCUT2D eigenvalue weighted by Gasteiger charge is -2.43. The van der Waals surface area contributed by atoms with Crippen LogP contribution >= 0.6 is 0 Å². The second-order valence-corrected chi connectivity index (χ2v) is 10.3. The van der Waals surface area contributed by atoms with E-state index in [9.17, 15) is 18.0 Å². The molecule has 0 bridgehead atoms. The van der Waals surface area contributed by atoms with Gasteiger partial charge in [0.25, 0.3) is 0 Å². The predicted octanol–water partition coefficient (Wildman–Crippen LogP) is 1.93. The maximum atomic E-state index is 14.1. The summed E-state index contributed by atoms with van der Waals surface area (Å²) in [4.78, 5) is 15.6. The Labute approximate surface area is 204 Å². The zero-order chi connectivity index (χ0) is 24.6. The summed E-state index contributed by atoms with van der Waals surface area (Å²) >= 11 is 0. The average Bonchev–Trinajstić information content (AvgIpc) is 3.27. The van der Waals surface area contributed by atoms with Crippen LogP contribution in [0.25, 0.3) is 0 Å². The number of quaternary nitrogens is 2. The van der Waals surface area contributed by atoms with Crippen molar-refractivity contribution in [2.45, 2.75) is 49.4 Å². The number of halogens is 3. The van der Waals surface area contributed by atoms with Crippen molar-refractivity contribution in [1.29, 1.82) is 0 Å². The number of hydrogen-bond donors (Lipinski definition) is 2. The zero-order valence-corrected chi connectivity index (χ0v) is 20.1. The number of piperidine rings is 1. The Morgan fingerprint density at radius 3 is 2.63 bits per heavy atom. The Kier molecular flexibility index (Phi) is 6.53. The summed E-state index contributed by atoms with van der Waals surface area (Å²) in [5.41, 5.74) is 2.88. The third-order valence-electron chi connectivity index (χ3n) is 8.36. The fourth-order valence-corrected chi connectivity index (χ4v) is 6.78. The summed E-state index contributed by atoms with van der Waals surface area (Å²) in [6.45, 7) is 3.25. The van der Waals surface area contributed by atoms with Crippen molar-refractivity contribution in [1.82, 2.24) is 4.90 Å². The molecule has 4 N–H and O–H groups in total. The third kappa shape index (κ3) is 4.54. The Bertz CT molecular complexity index is 1060. The van der Waals surface area contributed by atoms with E-state index in [4.69, 9.17) is 4.74 Å². The second kappa shape index (κ2) is 9.47. The van der Waals surface area contributed by atoms with Crippen molar-refractivity contribution in [3.8, 4) is 5.75 Å². The first kappa shape index (κ1) is 24.1. The van der Waals surface area contributed by atoms with Gasteiger partial charge >= 0.3 is 6.18 Å². The number of nitrogens with two attached hydrogens (primary N) is 2. The molecule has 1 amide bonds. The summed E-state index contributed by atoms with van der Waals surface area (Å²) < 4.78 is 46.6. The lowest BCUT2D eigenvalue weighted by molar-refractivity contribution is -0.691. The highest BCUT2D eigenvalue weighted by molar-refractivity contribution is 5.82. The Balaban J connectivity index is 1.45. The number of carbonyl (C=O) groups excluding carboxylic acids is 1. The zero-order valence-electron chi connectivity index (χ0n) is 20.1. The van der Waals surface area contributed by atoms with Crippen LogP contribution in [0.3, 0.4) is 0 Å². The molecule has 2 aromatic carbocycles. The SMILES string of the molecule is COc1cccc2c1C[NH2+]C[C@]21C[NH2+]C[C@H]1C(=O)N1CC[C@@H](c2ccccc2)C[C@H]1CC(F)(F)F. The quantitative estimate of drug-likeness (QED) is 0.690. The van der Waals surface area contributed by atoms with E-state index in [1.165, 1.54) is 0 Å². The molecule has 2 fully saturated rings.